The van der Waals surface area contributed by atoms with Gasteiger partial charge in [0.25, 0.3) is 0 Å². The molecule has 1 aliphatic rings. The molecule has 1 saturated carbocycles. The molecular weight excluding hydrogens is 396 g/mol. The summed E-state index contributed by atoms with van der Waals surface area (Å²) >= 11 is 3.69. The van der Waals surface area contributed by atoms with Gasteiger partial charge in [-0.3, -0.25) is 9.00 Å². The second kappa shape index (κ2) is 7.47. The first-order chi connectivity index (χ1) is 13.5. The lowest BCUT2D eigenvalue weighted by molar-refractivity contribution is -0.118. The fourth-order valence-corrected chi connectivity index (χ4v) is 3.66. The molecule has 1 amide bonds. The third-order valence-corrected chi connectivity index (χ3v) is 5.82. The zero-order valence-electron chi connectivity index (χ0n) is 14.7. The van der Waals surface area contributed by atoms with Crippen molar-refractivity contribution in [2.24, 2.45) is 0 Å². The number of halogens is 1. The molecule has 1 N–H and O–H groups in total. The van der Waals surface area contributed by atoms with Gasteiger partial charge < -0.3 is 9.87 Å². The predicted molar refractivity (Wildman–Crippen MR) is 108 cm³/mol. The van der Waals surface area contributed by atoms with Crippen molar-refractivity contribution >= 4 is 34.4 Å². The summed E-state index contributed by atoms with van der Waals surface area (Å²) in [6, 6.07) is 19.1. The number of carbonyl (C=O) groups is 1. The number of anilines is 1. The summed E-state index contributed by atoms with van der Waals surface area (Å²) in [5, 5.41) is 3.56. The quantitative estimate of drug-likeness (QED) is 0.634. The molecule has 0 bridgehead atoms. The van der Waals surface area contributed by atoms with Gasteiger partial charge in [-0.15, -0.1) is 0 Å². The molecule has 1 aliphatic carbocycles. The molecule has 1 atom stereocenters. The molecule has 1 unspecified atom stereocenters. The highest BCUT2D eigenvalue weighted by Gasteiger charge is 2.51. The Morgan fingerprint density at radius 1 is 1.04 bits per heavy atom. The van der Waals surface area contributed by atoms with Gasteiger partial charge in [0, 0.05) is 15.5 Å². The monoisotopic (exact) mass is 411 g/mol. The molecule has 0 saturated heterocycles. The van der Waals surface area contributed by atoms with Crippen molar-refractivity contribution in [1.29, 1.82) is 0 Å². The Bertz CT molecular complexity index is 1050. The van der Waals surface area contributed by atoms with Crippen molar-refractivity contribution in [3.8, 4) is 11.3 Å². The number of nitrogens with one attached hydrogen (secondary N) is 1. The van der Waals surface area contributed by atoms with Gasteiger partial charge in [-0.2, -0.15) is 0 Å². The molecule has 7 heteroatoms. The molecule has 1 heterocycles. The van der Waals surface area contributed by atoms with Gasteiger partial charge in [0.05, 0.1) is 11.1 Å². The first-order valence-corrected chi connectivity index (χ1v) is 10.2. The van der Waals surface area contributed by atoms with Gasteiger partial charge in [-0.25, -0.2) is 4.98 Å². The number of rotatable bonds is 5. The minimum absolute atomic E-state index is 0.0865. The summed E-state index contributed by atoms with van der Waals surface area (Å²) < 4.78 is 22.0. The van der Waals surface area contributed by atoms with E-state index >= 15 is 0 Å². The fourth-order valence-electron chi connectivity index (χ4n) is 3.18. The molecule has 3 aromatic rings. The third-order valence-electron chi connectivity index (χ3n) is 4.91. The van der Waals surface area contributed by atoms with E-state index in [4.69, 9.17) is 11.6 Å². The van der Waals surface area contributed by atoms with Crippen LogP contribution >= 0.6 is 11.6 Å². The van der Waals surface area contributed by atoms with Crippen LogP contribution in [0.4, 0.5) is 5.82 Å². The van der Waals surface area contributed by atoms with Crippen molar-refractivity contribution < 1.29 is 13.6 Å². The number of hydrogen-bond acceptors (Lipinski definition) is 4. The maximum Gasteiger partial charge on any atom is 0.236 e. The lowest BCUT2D eigenvalue weighted by Gasteiger charge is -2.16. The van der Waals surface area contributed by atoms with Gasteiger partial charge in [0.1, 0.15) is 5.82 Å². The van der Waals surface area contributed by atoms with Crippen LogP contribution in [0.5, 0.6) is 0 Å². The van der Waals surface area contributed by atoms with Crippen LogP contribution in [0.25, 0.3) is 11.3 Å². The number of amides is 1. The highest BCUT2D eigenvalue weighted by atomic mass is 35.5. The van der Waals surface area contributed by atoms with Crippen molar-refractivity contribution in [3.63, 3.8) is 0 Å². The Balaban J connectivity index is 1.54. The van der Waals surface area contributed by atoms with E-state index in [-0.39, 0.29) is 10.8 Å². The van der Waals surface area contributed by atoms with Crippen LogP contribution < -0.4 is 5.32 Å². The highest BCUT2D eigenvalue weighted by molar-refractivity contribution is 7.79. The molecule has 0 aliphatic heterocycles. The van der Waals surface area contributed by atoms with Crippen LogP contribution in [-0.4, -0.2) is 19.7 Å². The molecular formula is C21H16ClN2O3S-. The van der Waals surface area contributed by atoms with Gasteiger partial charge in [-0.1, -0.05) is 41.9 Å². The van der Waals surface area contributed by atoms with Crippen LogP contribution in [0.15, 0.2) is 71.6 Å². The van der Waals surface area contributed by atoms with Gasteiger partial charge >= 0.3 is 0 Å². The molecule has 28 heavy (non-hydrogen) atoms. The number of hydrogen-bond donors (Lipinski definition) is 1. The Labute approximate surface area is 170 Å². The van der Waals surface area contributed by atoms with E-state index in [0.29, 0.717) is 16.5 Å². The number of carbonyl (C=O) groups excluding carboxylic acids is 1. The molecule has 0 radical (unpaired) electrons. The van der Waals surface area contributed by atoms with Crippen molar-refractivity contribution in [3.05, 3.63) is 77.3 Å². The number of aromatic nitrogens is 1. The minimum atomic E-state index is -2.26. The SMILES string of the molecule is O=C(Nc1cccc(-c2ccc(S(=O)[O-])cc2)n1)C1(c2ccc(Cl)cc2)CC1. The summed E-state index contributed by atoms with van der Waals surface area (Å²) in [7, 11) is 0. The Kier molecular flexibility index (Phi) is 5.02. The van der Waals surface area contributed by atoms with E-state index in [2.05, 4.69) is 10.3 Å². The molecule has 142 valence electrons. The van der Waals surface area contributed by atoms with Crippen LogP contribution in [0, 0.1) is 0 Å². The molecule has 5 nitrogen and oxygen atoms in total. The number of benzene rings is 2. The summed E-state index contributed by atoms with van der Waals surface area (Å²) in [5.74, 6) is 0.371. The zero-order chi connectivity index (χ0) is 19.7. The first-order valence-electron chi connectivity index (χ1n) is 8.72. The zero-order valence-corrected chi connectivity index (χ0v) is 16.3. The van der Waals surface area contributed by atoms with Gasteiger partial charge in [-0.05, 0) is 65.9 Å². The number of nitrogens with zero attached hydrogens (tertiary/aromatic N) is 1. The molecule has 1 aromatic heterocycles. The van der Waals surface area contributed by atoms with Crippen LogP contribution in [0.1, 0.15) is 18.4 Å². The highest BCUT2D eigenvalue weighted by Crippen LogP contribution is 2.49. The normalized spacial score (nSPS) is 15.6. The summed E-state index contributed by atoms with van der Waals surface area (Å²) in [6.45, 7) is 0. The second-order valence-electron chi connectivity index (χ2n) is 6.71. The molecule has 0 spiro atoms. The minimum Gasteiger partial charge on any atom is -0.768 e. The second-order valence-corrected chi connectivity index (χ2v) is 8.09. The Morgan fingerprint density at radius 2 is 1.71 bits per heavy atom. The van der Waals surface area contributed by atoms with Crippen LogP contribution in [0.3, 0.4) is 0 Å². The van der Waals surface area contributed by atoms with E-state index in [9.17, 15) is 13.6 Å². The number of pyridine rings is 1. The van der Waals surface area contributed by atoms with Crippen molar-refractivity contribution in [2.75, 3.05) is 5.32 Å². The first kappa shape index (κ1) is 18.8. The lowest BCUT2D eigenvalue weighted by Crippen LogP contribution is -2.28. The Hall–Kier alpha value is -2.54. The molecule has 2 aromatic carbocycles. The van der Waals surface area contributed by atoms with Gasteiger partial charge in [0.2, 0.25) is 5.91 Å². The van der Waals surface area contributed by atoms with Crippen LogP contribution in [-0.2, 0) is 21.3 Å². The summed E-state index contributed by atoms with van der Waals surface area (Å²) in [6.07, 6.45) is 1.57. The van der Waals surface area contributed by atoms with E-state index < -0.39 is 16.5 Å². The summed E-state index contributed by atoms with van der Waals surface area (Å²) in [4.78, 5) is 17.6. The largest absolute Gasteiger partial charge is 0.768 e. The maximum absolute atomic E-state index is 12.9. The van der Waals surface area contributed by atoms with E-state index in [1.165, 1.54) is 12.1 Å². The average molecular weight is 412 g/mol. The lowest BCUT2D eigenvalue weighted by atomic mass is 9.95. The standard InChI is InChI=1S/C21H17ClN2O3S/c22-16-8-6-15(7-9-16)21(12-13-21)20(25)24-19-3-1-2-18(23-19)14-4-10-17(11-5-14)28(26)27/h1-11H,12-13H2,(H,26,27)(H,23,24,25)/p-1. The van der Waals surface area contributed by atoms with Crippen molar-refractivity contribution in [1.82, 2.24) is 4.98 Å². The van der Waals surface area contributed by atoms with Crippen LogP contribution in [0.2, 0.25) is 5.02 Å². The predicted octanol–water partition coefficient (Wildman–Crippen LogP) is 4.31. The maximum atomic E-state index is 12.9. The average Bonchev–Trinajstić information content (AvgIpc) is 3.51. The Morgan fingerprint density at radius 3 is 2.32 bits per heavy atom. The third kappa shape index (κ3) is 3.71. The van der Waals surface area contributed by atoms with Crippen molar-refractivity contribution in [2.45, 2.75) is 23.2 Å². The summed E-state index contributed by atoms with van der Waals surface area (Å²) in [5.41, 5.74) is 1.84. The fraction of sp³-hybridized carbons (Fsp3) is 0.143. The topological polar surface area (TPSA) is 82.1 Å². The van der Waals surface area contributed by atoms with E-state index in [1.807, 2.05) is 18.2 Å². The van der Waals surface area contributed by atoms with Gasteiger partial charge in [0.15, 0.2) is 0 Å². The molecule has 4 rings (SSSR count). The van der Waals surface area contributed by atoms with E-state index in [0.717, 1.165) is 24.0 Å². The smallest absolute Gasteiger partial charge is 0.236 e. The van der Waals surface area contributed by atoms with E-state index in [1.54, 1.807) is 36.4 Å². The molecule has 1 fully saturated rings.